The van der Waals surface area contributed by atoms with Crippen LogP contribution >= 0.6 is 0 Å². The van der Waals surface area contributed by atoms with Gasteiger partial charge in [0.25, 0.3) is 0 Å². The number of nitrogens with zero attached hydrogens (tertiary/aromatic N) is 10. The number of rotatable bonds is 14. The van der Waals surface area contributed by atoms with Gasteiger partial charge in [0, 0.05) is 202 Å². The van der Waals surface area contributed by atoms with Crippen LogP contribution in [0.15, 0.2) is 92.3 Å². The average molecular weight is 1240 g/mol. The Labute approximate surface area is 536 Å². The molecule has 23 nitrogen and oxygen atoms in total. The molecule has 1 unspecified atom stereocenters. The van der Waals surface area contributed by atoms with E-state index >= 15 is 0 Å². The number of methoxy groups -OCH3 is 1. The first-order valence-electron chi connectivity index (χ1n) is 30.4. The van der Waals surface area contributed by atoms with E-state index in [2.05, 4.69) is 121 Å². The van der Waals surface area contributed by atoms with Gasteiger partial charge >= 0.3 is 0 Å². The molecule has 12 heterocycles. The Balaban J connectivity index is 0.000000287. The number of hydrogen-bond acceptors (Lipinski definition) is 23. The highest BCUT2D eigenvalue weighted by Crippen LogP contribution is 2.40. The summed E-state index contributed by atoms with van der Waals surface area (Å²) in [6, 6.07) is 11.0. The maximum Gasteiger partial charge on any atom is 0.0761 e. The molecule has 5 aromatic rings. The number of ether oxygens (including phenoxy) is 1. The average Bonchev–Trinajstić information content (AvgIpc) is 3.90. The summed E-state index contributed by atoms with van der Waals surface area (Å²) in [6.07, 6.45) is 25.2. The Kier molecular flexibility index (Phi) is 34.1. The zero-order valence-corrected chi connectivity index (χ0v) is 50.8. The monoisotopic (exact) mass is 1240 g/mol. The van der Waals surface area contributed by atoms with Crippen LogP contribution in [0.1, 0.15) is 69.2 Å². The van der Waals surface area contributed by atoms with E-state index in [0.717, 1.165) is 105 Å². The second-order valence-corrected chi connectivity index (χ2v) is 22.9. The number of aromatic nitrogens is 5. The number of piperazine rings is 3. The second kappa shape index (κ2) is 39.5. The molecule has 12 N–H and O–H groups in total. The highest BCUT2D eigenvalue weighted by molar-refractivity contribution is 5.72. The van der Waals surface area contributed by atoms with Crippen molar-refractivity contribution in [3.8, 4) is 0 Å². The van der Waals surface area contributed by atoms with Crippen molar-refractivity contribution in [3.63, 3.8) is 0 Å². The summed E-state index contributed by atoms with van der Waals surface area (Å²) in [6.45, 7) is 18.9. The van der Waals surface area contributed by atoms with Crippen LogP contribution in [0.2, 0.25) is 0 Å². The summed E-state index contributed by atoms with van der Waals surface area (Å²) >= 11 is 0. The van der Waals surface area contributed by atoms with Gasteiger partial charge in [0.15, 0.2) is 0 Å². The van der Waals surface area contributed by atoms with Crippen molar-refractivity contribution in [2.24, 2.45) is 10.8 Å². The van der Waals surface area contributed by atoms with E-state index in [1.165, 1.54) is 102 Å². The third-order valence-electron chi connectivity index (χ3n) is 17.4. The van der Waals surface area contributed by atoms with Crippen molar-refractivity contribution in [3.05, 3.63) is 92.3 Å². The lowest BCUT2D eigenvalue weighted by Gasteiger charge is -2.49. The Morgan fingerprint density at radius 2 is 0.798 bits per heavy atom. The molecule has 4 atom stereocenters. The zero-order chi connectivity index (χ0) is 59.0. The van der Waals surface area contributed by atoms with E-state index in [0.29, 0.717) is 16.9 Å². The van der Waals surface area contributed by atoms with E-state index < -0.39 is 0 Å². The van der Waals surface area contributed by atoms with Crippen molar-refractivity contribution >= 4 is 56.9 Å². The van der Waals surface area contributed by atoms with Crippen LogP contribution in [0.25, 0.3) is 0 Å². The van der Waals surface area contributed by atoms with Crippen LogP contribution in [0.4, 0.5) is 56.9 Å². The molecule has 7 fully saturated rings. The van der Waals surface area contributed by atoms with Gasteiger partial charge in [-0.15, -0.1) is 0 Å². The molecule has 2 spiro atoms. The van der Waals surface area contributed by atoms with Crippen LogP contribution in [0, 0.1) is 10.8 Å². The zero-order valence-electron chi connectivity index (χ0n) is 50.8. The summed E-state index contributed by atoms with van der Waals surface area (Å²) in [5.74, 6) is 0. The summed E-state index contributed by atoms with van der Waals surface area (Å²) in [4.78, 5) is 32.6. The maximum absolute atomic E-state index is 9.17. The highest BCUT2D eigenvalue weighted by Gasteiger charge is 2.40. The second-order valence-electron chi connectivity index (χ2n) is 22.9. The summed E-state index contributed by atoms with van der Waals surface area (Å²) in [5, 5.41) is 51.2. The van der Waals surface area contributed by atoms with Gasteiger partial charge < -0.3 is 92.6 Å². The van der Waals surface area contributed by atoms with Gasteiger partial charge in [-0.25, -0.2) is 0 Å². The van der Waals surface area contributed by atoms with Crippen LogP contribution in [0.5, 0.6) is 0 Å². The molecule has 5 aromatic heterocycles. The van der Waals surface area contributed by atoms with Gasteiger partial charge in [-0.3, -0.25) is 24.9 Å². The first-order chi connectivity index (χ1) is 41.2. The standard InChI is InChI=1S/C14H22N4.C13H20N4.C12H20N4O.2C11H18N4O.5CH4/c1-15-12-9-16-6-3-13(12)18-8-2-4-14(11-18)5-7-17-10-14;1-14-11-8-15-5-2-12(11)17-6-3-13(4-7-17)9-16-10-13;1-13-11-7-14-4-3-12(11)16-6-5-15-10(8-16)9-17-2;2*1-12-10-6-13-3-2-11(10)15-5-4-14-9(7-15)8-16;;;;;/h3,6,9,15,17H,2,4-5,7-8,10-11H2,1H3;2,5,8,14,16H,3-4,6-7,9-10H2,1H3;3-4,7,10,13,15H,5-6,8-9H2,1-2H3;2*2-3,6,9,12,14,16H,4-5,7-8H2,1H3;5*1H4/t;;10-;2*9-;;;;;/m..010...../s1. The number of aliphatic hydroxyl groups excluding tert-OH is 2. The molecule has 0 amide bonds. The molecule has 0 aromatic carbocycles. The topological polar surface area (TPSA) is 251 Å². The van der Waals surface area contributed by atoms with Gasteiger partial charge in [-0.05, 0) is 74.4 Å². The highest BCUT2D eigenvalue weighted by atomic mass is 16.5. The molecule has 0 bridgehead atoms. The third-order valence-corrected chi connectivity index (χ3v) is 17.4. The van der Waals surface area contributed by atoms with Crippen molar-refractivity contribution in [2.75, 3.05) is 225 Å². The predicted molar refractivity (Wildman–Crippen MR) is 379 cm³/mol. The summed E-state index contributed by atoms with van der Waals surface area (Å²) in [7, 11) is 11.4. The molecule has 23 heteroatoms. The molecule has 7 aliphatic heterocycles. The minimum atomic E-state index is 0. The molecule has 0 radical (unpaired) electrons. The number of aliphatic hydroxyl groups is 2. The normalized spacial score (nSPS) is 21.3. The Hall–Kier alpha value is -6.57. The molecule has 500 valence electrons. The van der Waals surface area contributed by atoms with Crippen LogP contribution in [-0.4, -0.2) is 227 Å². The number of piperidine rings is 2. The minimum absolute atomic E-state index is 0. The van der Waals surface area contributed by atoms with E-state index in [9.17, 15) is 0 Å². The molecule has 12 rings (SSSR count). The lowest BCUT2D eigenvalue weighted by Crippen LogP contribution is -2.58. The van der Waals surface area contributed by atoms with Crippen molar-refractivity contribution in [1.29, 1.82) is 0 Å². The van der Waals surface area contributed by atoms with Crippen molar-refractivity contribution in [1.82, 2.24) is 51.5 Å². The van der Waals surface area contributed by atoms with Gasteiger partial charge in [-0.1, -0.05) is 37.1 Å². The first-order valence-corrected chi connectivity index (χ1v) is 30.4. The van der Waals surface area contributed by atoms with Crippen LogP contribution < -0.4 is 77.7 Å². The first kappa shape index (κ1) is 76.7. The van der Waals surface area contributed by atoms with Crippen LogP contribution in [-0.2, 0) is 4.74 Å². The fourth-order valence-corrected chi connectivity index (χ4v) is 12.6. The molecular weight excluding hydrogens is 1120 g/mol. The summed E-state index contributed by atoms with van der Waals surface area (Å²) < 4.78 is 5.20. The quantitative estimate of drug-likeness (QED) is 0.0565. The molecule has 7 saturated heterocycles. The van der Waals surface area contributed by atoms with Gasteiger partial charge in [0.1, 0.15) is 0 Å². The van der Waals surface area contributed by atoms with E-state index in [1.54, 1.807) is 19.5 Å². The van der Waals surface area contributed by atoms with E-state index in [4.69, 9.17) is 14.9 Å². The smallest absolute Gasteiger partial charge is 0.0761 e. The summed E-state index contributed by atoms with van der Waals surface area (Å²) in [5.41, 5.74) is 12.6. The lowest BCUT2D eigenvalue weighted by molar-refractivity contribution is 0.126. The Morgan fingerprint density at radius 1 is 0.438 bits per heavy atom. The molecule has 0 saturated carbocycles. The van der Waals surface area contributed by atoms with Gasteiger partial charge in [-0.2, -0.15) is 0 Å². The number of hydrogen-bond donors (Lipinski definition) is 12. The van der Waals surface area contributed by atoms with Gasteiger partial charge in [0.2, 0.25) is 0 Å². The van der Waals surface area contributed by atoms with Crippen molar-refractivity contribution < 1.29 is 14.9 Å². The predicted octanol–water partition coefficient (Wildman–Crippen LogP) is 6.53. The van der Waals surface area contributed by atoms with E-state index in [-0.39, 0.29) is 62.4 Å². The fourth-order valence-electron chi connectivity index (χ4n) is 12.6. The third kappa shape index (κ3) is 21.0. The minimum Gasteiger partial charge on any atom is -0.395 e. The molecule has 0 aliphatic carbocycles. The number of nitrogens with one attached hydrogen (secondary N) is 10. The number of anilines is 10. The van der Waals surface area contributed by atoms with Crippen molar-refractivity contribution in [2.45, 2.75) is 87.4 Å². The Bertz CT molecular complexity index is 2620. The van der Waals surface area contributed by atoms with Crippen LogP contribution in [0.3, 0.4) is 0 Å². The van der Waals surface area contributed by atoms with E-state index in [1.807, 2.05) is 96.9 Å². The molecule has 7 aliphatic rings. The van der Waals surface area contributed by atoms with Gasteiger partial charge in [0.05, 0.1) is 108 Å². The lowest BCUT2D eigenvalue weighted by atomic mass is 9.73. The SMILES string of the molecule is C.C.C.C.C.CNc1cnccc1N1CCC2(CC1)CNC2.CNc1cnccc1N1CCCC2(CCNC2)C1.CNc1cnccc1N1CCN[C@@H](CO)C1.CNc1cnccc1N1CCN[C@H](CO)C1.CNc1cnccc1N1CCN[C@H](COC)C1. The maximum atomic E-state index is 9.17. The fraction of sp³-hybridized carbons (Fsp3) is 0.621. The Morgan fingerprint density at radius 3 is 1.13 bits per heavy atom. The number of pyridine rings is 5. The molecule has 89 heavy (non-hydrogen) atoms. The largest absolute Gasteiger partial charge is 0.395 e. The molecular formula is C66H118N20O3.